The highest BCUT2D eigenvalue weighted by Gasteiger charge is 2.52. The Bertz CT molecular complexity index is 369. The van der Waals surface area contributed by atoms with E-state index in [-0.39, 0.29) is 17.8 Å². The van der Waals surface area contributed by atoms with E-state index in [1.54, 1.807) is 0 Å². The van der Waals surface area contributed by atoms with Crippen LogP contribution in [-0.2, 0) is 10.2 Å². The summed E-state index contributed by atoms with van der Waals surface area (Å²) in [5.41, 5.74) is 1.000. The third kappa shape index (κ3) is 2.47. The molecule has 0 bridgehead atoms. The Morgan fingerprint density at radius 1 is 1.18 bits per heavy atom. The topological polar surface area (TPSA) is 20.3 Å². The third-order valence-corrected chi connectivity index (χ3v) is 3.54. The monoisotopic (exact) mass is 253 g/mol. The lowest BCUT2D eigenvalue weighted by Crippen LogP contribution is -2.39. The molecule has 0 radical (unpaired) electrons. The molecule has 2 nitrogen and oxygen atoms in total. The van der Waals surface area contributed by atoms with Crippen molar-refractivity contribution in [2.24, 2.45) is 0 Å². The number of rotatable bonds is 4. The van der Waals surface area contributed by atoms with Crippen LogP contribution in [0.5, 0.6) is 0 Å². The molecule has 0 saturated heterocycles. The Balaban J connectivity index is 0.00000144. The van der Waals surface area contributed by atoms with Crippen LogP contribution in [0.25, 0.3) is 0 Å². The number of nitrogens with zero attached hydrogens (tertiary/aromatic N) is 1. The maximum Gasteiger partial charge on any atom is 0.233 e. The fourth-order valence-electron chi connectivity index (χ4n) is 2.32. The first-order valence-electron chi connectivity index (χ1n) is 6.09. The second-order valence-corrected chi connectivity index (χ2v) is 4.43. The minimum Gasteiger partial charge on any atom is -0.342 e. The minimum atomic E-state index is -0.187. The normalized spacial score (nSPS) is 15.9. The molecule has 0 heterocycles. The van der Waals surface area contributed by atoms with Crippen molar-refractivity contribution in [1.82, 2.24) is 4.90 Å². The Labute approximate surface area is 109 Å². The maximum atomic E-state index is 12.4. The Hall–Kier alpha value is -1.02. The van der Waals surface area contributed by atoms with Gasteiger partial charge in [0.25, 0.3) is 0 Å². The van der Waals surface area contributed by atoms with Crippen LogP contribution in [0.1, 0.15) is 32.3 Å². The van der Waals surface area contributed by atoms with Gasteiger partial charge in [0.1, 0.15) is 0 Å². The van der Waals surface area contributed by atoms with Crippen LogP contribution in [0, 0.1) is 0 Å². The summed E-state index contributed by atoms with van der Waals surface area (Å²) < 4.78 is 0. The van der Waals surface area contributed by atoms with Crippen molar-refractivity contribution in [1.29, 1.82) is 0 Å². The van der Waals surface area contributed by atoms with Crippen molar-refractivity contribution < 1.29 is 4.79 Å². The zero-order valence-corrected chi connectivity index (χ0v) is 11.3. The lowest BCUT2D eigenvalue weighted by molar-refractivity contribution is -0.133. The van der Waals surface area contributed by atoms with E-state index in [1.165, 1.54) is 5.56 Å². The van der Waals surface area contributed by atoms with Gasteiger partial charge in [0.2, 0.25) is 5.91 Å². The molecule has 2 rings (SSSR count). The molecule has 94 valence electrons. The van der Waals surface area contributed by atoms with Crippen molar-refractivity contribution in [3.63, 3.8) is 0 Å². The number of benzene rings is 1. The van der Waals surface area contributed by atoms with E-state index in [9.17, 15) is 4.79 Å². The number of carbonyl (C=O) groups is 1. The quantitative estimate of drug-likeness (QED) is 0.808. The van der Waals surface area contributed by atoms with Crippen LogP contribution in [0.4, 0.5) is 0 Å². The zero-order valence-electron chi connectivity index (χ0n) is 10.5. The number of hydrogen-bond acceptors (Lipinski definition) is 1. The molecule has 1 aromatic rings. The van der Waals surface area contributed by atoms with Crippen molar-refractivity contribution in [2.75, 3.05) is 13.1 Å². The van der Waals surface area contributed by atoms with Crippen LogP contribution >= 0.6 is 12.4 Å². The Morgan fingerprint density at radius 2 is 1.71 bits per heavy atom. The summed E-state index contributed by atoms with van der Waals surface area (Å²) in [6.07, 6.45) is 2.01. The van der Waals surface area contributed by atoms with Crippen molar-refractivity contribution >= 4 is 18.3 Å². The number of carbonyl (C=O) groups excluding carboxylic acids is 1. The maximum absolute atomic E-state index is 12.4. The fraction of sp³-hybridized carbons (Fsp3) is 0.500. The Kier molecular flexibility index (Phi) is 4.58. The van der Waals surface area contributed by atoms with Gasteiger partial charge in [-0.2, -0.15) is 0 Å². The number of likely N-dealkylation sites (N-methyl/N-ethyl adjacent to an activating group) is 1. The molecule has 0 atom stereocenters. The van der Waals surface area contributed by atoms with E-state index >= 15 is 0 Å². The van der Waals surface area contributed by atoms with Crippen molar-refractivity contribution in [3.8, 4) is 0 Å². The molecule has 17 heavy (non-hydrogen) atoms. The van der Waals surface area contributed by atoms with Crippen molar-refractivity contribution in [3.05, 3.63) is 35.9 Å². The average molecular weight is 254 g/mol. The molecular weight excluding hydrogens is 234 g/mol. The summed E-state index contributed by atoms with van der Waals surface area (Å²) in [7, 11) is 0. The van der Waals surface area contributed by atoms with Gasteiger partial charge in [-0.3, -0.25) is 4.79 Å². The first-order chi connectivity index (χ1) is 7.74. The second kappa shape index (κ2) is 5.54. The molecule has 0 aromatic heterocycles. The number of amides is 1. The molecule has 3 heteroatoms. The summed E-state index contributed by atoms with van der Waals surface area (Å²) in [4.78, 5) is 14.4. The van der Waals surface area contributed by atoms with Crippen LogP contribution in [0.3, 0.4) is 0 Å². The molecule has 1 amide bonds. The lowest BCUT2D eigenvalue weighted by atomic mass is 9.94. The average Bonchev–Trinajstić information content (AvgIpc) is 3.13. The van der Waals surface area contributed by atoms with Gasteiger partial charge >= 0.3 is 0 Å². The fourth-order valence-corrected chi connectivity index (χ4v) is 2.32. The van der Waals surface area contributed by atoms with Crippen LogP contribution in [0.15, 0.2) is 30.3 Å². The third-order valence-electron chi connectivity index (χ3n) is 3.54. The summed E-state index contributed by atoms with van der Waals surface area (Å²) in [5, 5.41) is 0. The Morgan fingerprint density at radius 3 is 2.12 bits per heavy atom. The van der Waals surface area contributed by atoms with Gasteiger partial charge in [0, 0.05) is 13.1 Å². The van der Waals surface area contributed by atoms with Gasteiger partial charge in [-0.15, -0.1) is 12.4 Å². The molecule has 0 N–H and O–H groups in total. The van der Waals surface area contributed by atoms with E-state index in [4.69, 9.17) is 0 Å². The summed E-state index contributed by atoms with van der Waals surface area (Å²) in [6, 6.07) is 10.2. The van der Waals surface area contributed by atoms with Gasteiger partial charge in [-0.1, -0.05) is 30.3 Å². The summed E-state index contributed by atoms with van der Waals surface area (Å²) in [6.45, 7) is 5.71. The first kappa shape index (κ1) is 14.0. The standard InChI is InChI=1S/C14H19NO.ClH/c1-3-15(4-2)13(16)14(10-11-14)12-8-6-5-7-9-12;/h5-9H,3-4,10-11H2,1-2H3;1H. The summed E-state index contributed by atoms with van der Waals surface area (Å²) in [5.74, 6) is 0.309. The molecule has 0 aliphatic heterocycles. The van der Waals surface area contributed by atoms with E-state index in [2.05, 4.69) is 12.1 Å². The van der Waals surface area contributed by atoms with Crippen LogP contribution < -0.4 is 0 Å². The predicted octanol–water partition coefficient (Wildman–Crippen LogP) is 3.01. The van der Waals surface area contributed by atoms with E-state index < -0.39 is 0 Å². The molecule has 0 unspecified atom stereocenters. The van der Waals surface area contributed by atoms with E-state index in [0.29, 0.717) is 5.91 Å². The largest absolute Gasteiger partial charge is 0.342 e. The zero-order chi connectivity index (χ0) is 11.6. The van der Waals surface area contributed by atoms with Crippen LogP contribution in [-0.4, -0.2) is 23.9 Å². The second-order valence-electron chi connectivity index (χ2n) is 4.43. The van der Waals surface area contributed by atoms with Gasteiger partial charge in [0.05, 0.1) is 5.41 Å². The first-order valence-corrected chi connectivity index (χ1v) is 6.09. The predicted molar refractivity (Wildman–Crippen MR) is 72.5 cm³/mol. The molecule has 1 aromatic carbocycles. The highest BCUT2D eigenvalue weighted by molar-refractivity contribution is 5.91. The van der Waals surface area contributed by atoms with E-state index in [1.807, 2.05) is 36.9 Å². The van der Waals surface area contributed by atoms with E-state index in [0.717, 1.165) is 25.9 Å². The molecule has 1 aliphatic carbocycles. The lowest BCUT2D eigenvalue weighted by Gasteiger charge is -2.25. The number of hydrogen-bond donors (Lipinski definition) is 0. The smallest absolute Gasteiger partial charge is 0.233 e. The molecule has 1 fully saturated rings. The van der Waals surface area contributed by atoms with Gasteiger partial charge in [0.15, 0.2) is 0 Å². The minimum absolute atomic E-state index is 0. The molecule has 1 aliphatic rings. The molecule has 0 spiro atoms. The van der Waals surface area contributed by atoms with Gasteiger partial charge < -0.3 is 4.90 Å². The van der Waals surface area contributed by atoms with Gasteiger partial charge in [-0.25, -0.2) is 0 Å². The highest BCUT2D eigenvalue weighted by atomic mass is 35.5. The van der Waals surface area contributed by atoms with Crippen LogP contribution in [0.2, 0.25) is 0 Å². The van der Waals surface area contributed by atoms with Crippen molar-refractivity contribution in [2.45, 2.75) is 32.1 Å². The molecular formula is C14H20ClNO. The SMILES string of the molecule is CCN(CC)C(=O)C1(c2ccccc2)CC1.Cl. The molecule has 1 saturated carbocycles. The van der Waals surface area contributed by atoms with Gasteiger partial charge in [-0.05, 0) is 32.3 Å². The number of halogens is 1. The highest BCUT2D eigenvalue weighted by Crippen LogP contribution is 2.49. The summed E-state index contributed by atoms with van der Waals surface area (Å²) >= 11 is 0.